The number of likely N-dealkylation sites (tertiary alicyclic amines) is 1. The molecule has 1 aromatic carbocycles. The van der Waals surface area contributed by atoms with Gasteiger partial charge in [-0.3, -0.25) is 4.79 Å². The summed E-state index contributed by atoms with van der Waals surface area (Å²) in [5, 5.41) is 0.568. The van der Waals surface area contributed by atoms with Crippen LogP contribution in [-0.4, -0.2) is 48.9 Å². The summed E-state index contributed by atoms with van der Waals surface area (Å²) in [7, 11) is 1.84. The number of nitrogens with zero attached hydrogens (tertiary/aromatic N) is 2. The zero-order valence-corrected chi connectivity index (χ0v) is 13.4. The summed E-state index contributed by atoms with van der Waals surface area (Å²) >= 11 is 9.34. The topological polar surface area (TPSA) is 23.6 Å². The van der Waals surface area contributed by atoms with Crippen molar-refractivity contribution in [2.75, 3.05) is 33.2 Å². The summed E-state index contributed by atoms with van der Waals surface area (Å²) in [6.45, 7) is 4.03. The Morgan fingerprint density at radius 2 is 2.11 bits per heavy atom. The van der Waals surface area contributed by atoms with Gasteiger partial charge in [-0.15, -0.1) is 0 Å². The highest BCUT2D eigenvalue weighted by Crippen LogP contribution is 2.23. The minimum Gasteiger partial charge on any atom is -0.340 e. The van der Waals surface area contributed by atoms with Gasteiger partial charge in [0.25, 0.3) is 5.91 Å². The van der Waals surface area contributed by atoms with Crippen molar-refractivity contribution in [2.45, 2.75) is 12.8 Å². The van der Waals surface area contributed by atoms with E-state index in [-0.39, 0.29) is 5.91 Å². The lowest BCUT2D eigenvalue weighted by molar-refractivity contribution is 0.0782. The van der Waals surface area contributed by atoms with E-state index in [0.29, 0.717) is 10.6 Å². The fraction of sp³-hybridized carbons (Fsp3) is 0.500. The van der Waals surface area contributed by atoms with E-state index in [1.54, 1.807) is 17.0 Å². The number of benzene rings is 1. The van der Waals surface area contributed by atoms with Gasteiger partial charge in [-0.25, -0.2) is 0 Å². The maximum Gasteiger partial charge on any atom is 0.253 e. The van der Waals surface area contributed by atoms with Crippen molar-refractivity contribution in [1.29, 1.82) is 0 Å². The molecule has 1 aliphatic heterocycles. The molecule has 1 heterocycles. The van der Waals surface area contributed by atoms with Crippen LogP contribution in [0.2, 0.25) is 5.02 Å². The first-order valence-electron chi connectivity index (χ1n) is 6.51. The summed E-state index contributed by atoms with van der Waals surface area (Å²) < 4.78 is 0.811. The molecule has 2 rings (SSSR count). The Morgan fingerprint density at radius 1 is 1.42 bits per heavy atom. The van der Waals surface area contributed by atoms with E-state index in [1.165, 1.54) is 12.8 Å². The molecule has 1 fully saturated rings. The SMILES string of the molecule is CN(CCN1CCCC1)C(=O)c1ccc(Br)c(Cl)c1. The summed E-state index contributed by atoms with van der Waals surface area (Å²) in [5.41, 5.74) is 0.636. The maximum atomic E-state index is 12.2. The molecule has 3 nitrogen and oxygen atoms in total. The number of halogens is 2. The number of amides is 1. The highest BCUT2D eigenvalue weighted by atomic mass is 79.9. The van der Waals surface area contributed by atoms with Gasteiger partial charge in [0.2, 0.25) is 0 Å². The smallest absolute Gasteiger partial charge is 0.253 e. The molecule has 5 heteroatoms. The predicted octanol–water partition coefficient (Wildman–Crippen LogP) is 3.27. The molecule has 1 saturated heterocycles. The second-order valence-electron chi connectivity index (χ2n) is 4.90. The van der Waals surface area contributed by atoms with Crippen LogP contribution < -0.4 is 0 Å². The van der Waals surface area contributed by atoms with Crippen molar-refractivity contribution in [3.8, 4) is 0 Å². The molecular formula is C14H18BrClN2O. The van der Waals surface area contributed by atoms with Crippen molar-refractivity contribution in [1.82, 2.24) is 9.80 Å². The van der Waals surface area contributed by atoms with Gasteiger partial charge in [-0.05, 0) is 60.1 Å². The molecule has 0 saturated carbocycles. The van der Waals surface area contributed by atoms with Gasteiger partial charge in [0.1, 0.15) is 0 Å². The average Bonchev–Trinajstić information content (AvgIpc) is 2.91. The zero-order chi connectivity index (χ0) is 13.8. The highest BCUT2D eigenvalue weighted by molar-refractivity contribution is 9.10. The summed E-state index contributed by atoms with van der Waals surface area (Å²) in [5.74, 6) is 0.0218. The van der Waals surface area contributed by atoms with Crippen molar-refractivity contribution in [2.24, 2.45) is 0 Å². The van der Waals surface area contributed by atoms with Crippen LogP contribution in [0.4, 0.5) is 0 Å². The third kappa shape index (κ3) is 3.94. The summed E-state index contributed by atoms with van der Waals surface area (Å²) in [4.78, 5) is 16.4. The van der Waals surface area contributed by atoms with E-state index in [2.05, 4.69) is 20.8 Å². The predicted molar refractivity (Wildman–Crippen MR) is 81.8 cm³/mol. The molecule has 19 heavy (non-hydrogen) atoms. The monoisotopic (exact) mass is 344 g/mol. The van der Waals surface area contributed by atoms with E-state index in [4.69, 9.17) is 11.6 Å². The number of hydrogen-bond donors (Lipinski definition) is 0. The fourth-order valence-electron chi connectivity index (χ4n) is 2.25. The first-order valence-corrected chi connectivity index (χ1v) is 7.68. The number of hydrogen-bond acceptors (Lipinski definition) is 2. The third-order valence-electron chi connectivity index (χ3n) is 3.46. The second kappa shape index (κ2) is 6.73. The third-order valence-corrected chi connectivity index (χ3v) is 4.70. The summed E-state index contributed by atoms with van der Waals surface area (Å²) in [6.07, 6.45) is 2.56. The molecule has 0 unspecified atom stereocenters. The molecular weight excluding hydrogens is 328 g/mol. The van der Waals surface area contributed by atoms with Crippen LogP contribution in [0.15, 0.2) is 22.7 Å². The molecule has 104 valence electrons. The van der Waals surface area contributed by atoms with Gasteiger partial charge in [0.05, 0.1) is 5.02 Å². The maximum absolute atomic E-state index is 12.2. The summed E-state index contributed by atoms with van der Waals surface area (Å²) in [6, 6.07) is 5.31. The Morgan fingerprint density at radius 3 is 2.74 bits per heavy atom. The molecule has 0 spiro atoms. The van der Waals surface area contributed by atoms with E-state index < -0.39 is 0 Å². The average molecular weight is 346 g/mol. The van der Waals surface area contributed by atoms with Crippen LogP contribution in [-0.2, 0) is 0 Å². The molecule has 0 aromatic heterocycles. The fourth-order valence-corrected chi connectivity index (χ4v) is 2.68. The number of carbonyl (C=O) groups excluding carboxylic acids is 1. The van der Waals surface area contributed by atoms with Crippen LogP contribution >= 0.6 is 27.5 Å². The molecule has 0 bridgehead atoms. The first kappa shape index (κ1) is 14.8. The molecule has 0 radical (unpaired) electrons. The van der Waals surface area contributed by atoms with Crippen molar-refractivity contribution < 1.29 is 4.79 Å². The van der Waals surface area contributed by atoms with Crippen LogP contribution in [0.3, 0.4) is 0 Å². The lowest BCUT2D eigenvalue weighted by Crippen LogP contribution is -2.35. The Labute approximate surface area is 127 Å². The molecule has 1 aromatic rings. The Kier molecular flexibility index (Phi) is 5.25. The van der Waals surface area contributed by atoms with Gasteiger partial charge in [0, 0.05) is 30.2 Å². The lowest BCUT2D eigenvalue weighted by atomic mass is 10.2. The van der Waals surface area contributed by atoms with Gasteiger partial charge >= 0.3 is 0 Å². The van der Waals surface area contributed by atoms with Gasteiger partial charge in [0.15, 0.2) is 0 Å². The minimum absolute atomic E-state index is 0.0218. The Hall–Kier alpha value is -0.580. The lowest BCUT2D eigenvalue weighted by Gasteiger charge is -2.21. The quantitative estimate of drug-likeness (QED) is 0.836. The molecule has 0 atom stereocenters. The largest absolute Gasteiger partial charge is 0.340 e. The normalized spacial score (nSPS) is 15.7. The van der Waals surface area contributed by atoms with Gasteiger partial charge in [-0.1, -0.05) is 11.6 Å². The second-order valence-corrected chi connectivity index (χ2v) is 6.17. The Balaban J connectivity index is 1.92. The zero-order valence-electron chi connectivity index (χ0n) is 11.0. The van der Waals surface area contributed by atoms with Gasteiger partial charge < -0.3 is 9.80 Å². The Bertz CT molecular complexity index is 461. The number of rotatable bonds is 4. The van der Waals surface area contributed by atoms with Crippen molar-refractivity contribution in [3.05, 3.63) is 33.3 Å². The molecule has 1 aliphatic rings. The minimum atomic E-state index is 0.0218. The molecule has 1 amide bonds. The van der Waals surface area contributed by atoms with Crippen molar-refractivity contribution in [3.63, 3.8) is 0 Å². The van der Waals surface area contributed by atoms with Crippen LogP contribution in [0, 0.1) is 0 Å². The first-order chi connectivity index (χ1) is 9.08. The van der Waals surface area contributed by atoms with Gasteiger partial charge in [-0.2, -0.15) is 0 Å². The van der Waals surface area contributed by atoms with E-state index in [9.17, 15) is 4.79 Å². The molecule has 0 N–H and O–H groups in total. The van der Waals surface area contributed by atoms with E-state index in [0.717, 1.165) is 30.7 Å². The van der Waals surface area contributed by atoms with E-state index in [1.807, 2.05) is 13.1 Å². The number of carbonyl (C=O) groups is 1. The molecule has 0 aliphatic carbocycles. The van der Waals surface area contributed by atoms with Crippen molar-refractivity contribution >= 4 is 33.4 Å². The standard InChI is InChI=1S/C14H18BrClN2O/c1-17(8-9-18-6-2-3-7-18)14(19)11-4-5-12(15)13(16)10-11/h4-5,10H,2-3,6-9H2,1H3. The highest BCUT2D eigenvalue weighted by Gasteiger charge is 2.16. The van der Waals surface area contributed by atoms with E-state index >= 15 is 0 Å². The van der Waals surface area contributed by atoms with Crippen LogP contribution in [0.5, 0.6) is 0 Å². The number of likely N-dealkylation sites (N-methyl/N-ethyl adjacent to an activating group) is 1. The van der Waals surface area contributed by atoms with Crippen LogP contribution in [0.25, 0.3) is 0 Å². The van der Waals surface area contributed by atoms with Crippen LogP contribution in [0.1, 0.15) is 23.2 Å².